The van der Waals surface area contributed by atoms with Gasteiger partial charge in [0, 0.05) is 29.2 Å². The van der Waals surface area contributed by atoms with Gasteiger partial charge in [0.05, 0.1) is 19.0 Å². The van der Waals surface area contributed by atoms with Gasteiger partial charge in [-0.05, 0) is 6.07 Å². The Labute approximate surface area is 99.3 Å². The molecule has 2 N–H and O–H groups in total. The predicted molar refractivity (Wildman–Crippen MR) is 65.6 cm³/mol. The second kappa shape index (κ2) is 4.81. The largest absolute Gasteiger partial charge is 0.346 e. The summed E-state index contributed by atoms with van der Waals surface area (Å²) in [5, 5.41) is 9.52. The van der Waals surface area contributed by atoms with Crippen molar-refractivity contribution in [2.45, 2.75) is 13.0 Å². The maximum atomic E-state index is 11.7. The highest BCUT2D eigenvalue weighted by molar-refractivity contribution is 6.08. The third kappa shape index (κ3) is 2.05. The number of fused-ring (bicyclic) bond motifs is 1. The molecule has 86 valence electrons. The second-order valence-corrected chi connectivity index (χ2v) is 3.79. The summed E-state index contributed by atoms with van der Waals surface area (Å²) in [7, 11) is 0. The highest BCUT2D eigenvalue weighted by atomic mass is 16.1. The van der Waals surface area contributed by atoms with Gasteiger partial charge < -0.3 is 10.3 Å². The van der Waals surface area contributed by atoms with Crippen LogP contribution in [0.4, 0.5) is 0 Å². The average Bonchev–Trinajstić information content (AvgIpc) is 2.74. The Hall–Kier alpha value is -2.12. The fraction of sp³-hybridized carbons (Fsp3) is 0.231. The summed E-state index contributed by atoms with van der Waals surface area (Å²) < 4.78 is 1.93. The smallest absolute Gasteiger partial charge is 0.178 e. The van der Waals surface area contributed by atoms with Crippen LogP contribution in [-0.2, 0) is 6.54 Å². The van der Waals surface area contributed by atoms with Crippen molar-refractivity contribution in [3.05, 3.63) is 36.0 Å². The summed E-state index contributed by atoms with van der Waals surface area (Å²) in [4.78, 5) is 11.7. The minimum Gasteiger partial charge on any atom is -0.346 e. The molecule has 1 heterocycles. The lowest BCUT2D eigenvalue weighted by molar-refractivity contribution is 0.100. The number of nitrogens with zero attached hydrogens (tertiary/aromatic N) is 2. The molecule has 0 saturated heterocycles. The fourth-order valence-electron chi connectivity index (χ4n) is 1.93. The van der Waals surface area contributed by atoms with Crippen LogP contribution in [0.15, 0.2) is 30.5 Å². The highest BCUT2D eigenvalue weighted by Gasteiger charge is 2.12. The van der Waals surface area contributed by atoms with E-state index in [1.165, 1.54) is 0 Å². The van der Waals surface area contributed by atoms with Crippen molar-refractivity contribution in [1.82, 2.24) is 4.57 Å². The standard InChI is InChI=1S/C13H13N3O/c14-6-3-7-16-9-11(13(17)8-15)10-4-1-2-5-12(10)16/h1-2,4-5,9H,3,7-8,15H2. The Morgan fingerprint density at radius 3 is 2.88 bits per heavy atom. The van der Waals surface area contributed by atoms with Crippen LogP contribution in [-0.4, -0.2) is 16.9 Å². The summed E-state index contributed by atoms with van der Waals surface area (Å²) in [6.07, 6.45) is 2.21. The molecule has 0 aliphatic carbocycles. The van der Waals surface area contributed by atoms with E-state index in [4.69, 9.17) is 11.0 Å². The first-order valence-corrected chi connectivity index (χ1v) is 5.46. The second-order valence-electron chi connectivity index (χ2n) is 3.79. The number of Topliss-reactive ketones (excluding diaryl/α,β-unsaturated/α-hetero) is 1. The fourth-order valence-corrected chi connectivity index (χ4v) is 1.93. The quantitative estimate of drug-likeness (QED) is 0.808. The third-order valence-electron chi connectivity index (χ3n) is 2.74. The summed E-state index contributed by atoms with van der Waals surface area (Å²) in [6, 6.07) is 9.76. The van der Waals surface area contributed by atoms with Crippen molar-refractivity contribution >= 4 is 16.7 Å². The molecule has 0 aliphatic rings. The van der Waals surface area contributed by atoms with Crippen molar-refractivity contribution in [3.63, 3.8) is 0 Å². The van der Waals surface area contributed by atoms with Crippen LogP contribution in [0, 0.1) is 11.3 Å². The number of aromatic nitrogens is 1. The van der Waals surface area contributed by atoms with Gasteiger partial charge in [0.1, 0.15) is 0 Å². The molecule has 1 aromatic heterocycles. The van der Waals surface area contributed by atoms with Crippen molar-refractivity contribution in [3.8, 4) is 6.07 Å². The van der Waals surface area contributed by atoms with Crippen LogP contribution >= 0.6 is 0 Å². The van der Waals surface area contributed by atoms with E-state index in [1.807, 2.05) is 28.8 Å². The van der Waals surface area contributed by atoms with Crippen LogP contribution in [0.3, 0.4) is 0 Å². The highest BCUT2D eigenvalue weighted by Crippen LogP contribution is 2.21. The Kier molecular flexibility index (Phi) is 3.22. The molecular weight excluding hydrogens is 214 g/mol. The van der Waals surface area contributed by atoms with Gasteiger partial charge in [-0.3, -0.25) is 4.79 Å². The molecule has 4 nitrogen and oxygen atoms in total. The Balaban J connectivity index is 2.55. The number of rotatable bonds is 4. The van der Waals surface area contributed by atoms with E-state index in [0.29, 0.717) is 18.5 Å². The van der Waals surface area contributed by atoms with E-state index in [0.717, 1.165) is 10.9 Å². The average molecular weight is 227 g/mol. The van der Waals surface area contributed by atoms with E-state index in [2.05, 4.69) is 6.07 Å². The van der Waals surface area contributed by atoms with Crippen molar-refractivity contribution in [1.29, 1.82) is 5.26 Å². The van der Waals surface area contributed by atoms with Crippen molar-refractivity contribution < 1.29 is 4.79 Å². The number of aryl methyl sites for hydroxylation is 1. The first kappa shape index (κ1) is 11.4. The molecule has 2 rings (SSSR count). The normalized spacial score (nSPS) is 10.4. The molecule has 0 saturated carbocycles. The van der Waals surface area contributed by atoms with Gasteiger partial charge in [0.15, 0.2) is 5.78 Å². The van der Waals surface area contributed by atoms with Gasteiger partial charge in [-0.2, -0.15) is 5.26 Å². The van der Waals surface area contributed by atoms with Gasteiger partial charge in [0.2, 0.25) is 0 Å². The number of ketones is 1. The Bertz CT molecular complexity index is 592. The molecular formula is C13H13N3O. The van der Waals surface area contributed by atoms with E-state index < -0.39 is 0 Å². The molecule has 0 aliphatic heterocycles. The Morgan fingerprint density at radius 1 is 1.41 bits per heavy atom. The topological polar surface area (TPSA) is 71.8 Å². The lowest BCUT2D eigenvalue weighted by Gasteiger charge is -2.00. The first-order chi connectivity index (χ1) is 8.27. The van der Waals surface area contributed by atoms with Crippen molar-refractivity contribution in [2.75, 3.05) is 6.54 Å². The molecule has 0 fully saturated rings. The van der Waals surface area contributed by atoms with Crippen LogP contribution in [0.2, 0.25) is 0 Å². The number of nitriles is 1. The number of nitrogens with two attached hydrogens (primary N) is 1. The molecule has 0 radical (unpaired) electrons. The number of benzene rings is 1. The van der Waals surface area contributed by atoms with Gasteiger partial charge in [-0.15, -0.1) is 0 Å². The van der Waals surface area contributed by atoms with Gasteiger partial charge in [-0.25, -0.2) is 0 Å². The molecule has 2 aromatic rings. The zero-order chi connectivity index (χ0) is 12.3. The van der Waals surface area contributed by atoms with E-state index >= 15 is 0 Å². The lowest BCUT2D eigenvalue weighted by atomic mass is 10.1. The number of para-hydroxylation sites is 1. The van der Waals surface area contributed by atoms with Gasteiger partial charge >= 0.3 is 0 Å². The minimum absolute atomic E-state index is 0.00621. The zero-order valence-corrected chi connectivity index (χ0v) is 9.39. The third-order valence-corrected chi connectivity index (χ3v) is 2.74. The number of hydrogen-bond donors (Lipinski definition) is 1. The Morgan fingerprint density at radius 2 is 2.18 bits per heavy atom. The molecule has 0 spiro atoms. The van der Waals surface area contributed by atoms with Crippen LogP contribution in [0.25, 0.3) is 10.9 Å². The van der Waals surface area contributed by atoms with E-state index in [-0.39, 0.29) is 12.3 Å². The molecule has 1 aromatic carbocycles. The number of carbonyl (C=O) groups is 1. The maximum Gasteiger partial charge on any atom is 0.178 e. The number of carbonyl (C=O) groups excluding carboxylic acids is 1. The molecule has 17 heavy (non-hydrogen) atoms. The monoisotopic (exact) mass is 227 g/mol. The molecule has 4 heteroatoms. The summed E-state index contributed by atoms with van der Waals surface area (Å²) in [5.74, 6) is -0.0723. The van der Waals surface area contributed by atoms with Crippen LogP contribution < -0.4 is 5.73 Å². The molecule has 0 atom stereocenters. The van der Waals surface area contributed by atoms with Gasteiger partial charge in [-0.1, -0.05) is 18.2 Å². The maximum absolute atomic E-state index is 11.7. The summed E-state index contributed by atoms with van der Waals surface area (Å²) in [5.41, 5.74) is 7.00. The number of hydrogen-bond acceptors (Lipinski definition) is 3. The van der Waals surface area contributed by atoms with E-state index in [9.17, 15) is 4.79 Å². The molecule has 0 bridgehead atoms. The summed E-state index contributed by atoms with van der Waals surface area (Å²) >= 11 is 0. The first-order valence-electron chi connectivity index (χ1n) is 5.46. The van der Waals surface area contributed by atoms with Gasteiger partial charge in [0.25, 0.3) is 0 Å². The van der Waals surface area contributed by atoms with Crippen molar-refractivity contribution in [2.24, 2.45) is 5.73 Å². The molecule has 0 unspecified atom stereocenters. The zero-order valence-electron chi connectivity index (χ0n) is 9.39. The lowest BCUT2D eigenvalue weighted by Crippen LogP contribution is -2.13. The van der Waals surface area contributed by atoms with E-state index in [1.54, 1.807) is 6.20 Å². The van der Waals surface area contributed by atoms with Crippen LogP contribution in [0.5, 0.6) is 0 Å². The predicted octanol–water partition coefficient (Wildman–Crippen LogP) is 1.70. The SMILES string of the molecule is N#CCCn1cc(C(=O)CN)c2ccccc21. The summed E-state index contributed by atoms with van der Waals surface area (Å²) in [6.45, 7) is 0.598. The molecule has 0 amide bonds. The van der Waals surface area contributed by atoms with Crippen LogP contribution in [0.1, 0.15) is 16.8 Å². The minimum atomic E-state index is -0.0723.